The third-order valence-corrected chi connectivity index (χ3v) is 3.41. The van der Waals surface area contributed by atoms with Crippen LogP contribution in [0.5, 0.6) is 0 Å². The number of piperidine rings is 1. The summed E-state index contributed by atoms with van der Waals surface area (Å²) in [6.07, 6.45) is 3.83. The molecule has 6 nitrogen and oxygen atoms in total. The fourth-order valence-corrected chi connectivity index (χ4v) is 2.26. The maximum atomic E-state index is 9.05. The first-order valence-electron chi connectivity index (χ1n) is 6.72. The predicted molar refractivity (Wildman–Crippen MR) is 72.9 cm³/mol. The molecule has 1 aliphatic rings. The van der Waals surface area contributed by atoms with Crippen LogP contribution >= 0.6 is 0 Å². The minimum atomic E-state index is -0.0489. The second kappa shape index (κ2) is 7.37. The summed E-state index contributed by atoms with van der Waals surface area (Å²) in [5, 5.41) is 12.4. The van der Waals surface area contributed by atoms with Crippen LogP contribution in [0.15, 0.2) is 12.3 Å². The van der Waals surface area contributed by atoms with Crippen LogP contribution in [0.4, 0.5) is 5.95 Å². The molecule has 6 heteroatoms. The molecule has 0 radical (unpaired) electrons. The number of methoxy groups -OCH3 is 1. The minimum Gasteiger partial charge on any atom is -0.390 e. The third-order valence-electron chi connectivity index (χ3n) is 3.41. The molecule has 1 aliphatic heterocycles. The summed E-state index contributed by atoms with van der Waals surface area (Å²) in [5.74, 6) is 0.613. The van der Waals surface area contributed by atoms with Crippen molar-refractivity contribution in [3.63, 3.8) is 0 Å². The number of anilines is 1. The van der Waals surface area contributed by atoms with Gasteiger partial charge in [-0.05, 0) is 18.9 Å². The van der Waals surface area contributed by atoms with Gasteiger partial charge >= 0.3 is 0 Å². The van der Waals surface area contributed by atoms with E-state index in [1.54, 1.807) is 19.4 Å². The van der Waals surface area contributed by atoms with Crippen molar-refractivity contribution in [2.45, 2.75) is 25.5 Å². The van der Waals surface area contributed by atoms with E-state index in [9.17, 15) is 0 Å². The van der Waals surface area contributed by atoms with Gasteiger partial charge in [-0.1, -0.05) is 0 Å². The Morgan fingerprint density at radius 1 is 1.47 bits per heavy atom. The molecule has 0 amide bonds. The van der Waals surface area contributed by atoms with Crippen molar-refractivity contribution < 1.29 is 9.84 Å². The molecule has 0 bridgehead atoms. The number of nitrogens with zero attached hydrogens (tertiary/aromatic N) is 3. The van der Waals surface area contributed by atoms with Gasteiger partial charge in [0.25, 0.3) is 0 Å². The fourth-order valence-electron chi connectivity index (χ4n) is 2.26. The molecule has 2 rings (SSSR count). The van der Waals surface area contributed by atoms with Gasteiger partial charge in [-0.25, -0.2) is 9.97 Å². The molecule has 0 atom stereocenters. The average molecular weight is 266 g/mol. The lowest BCUT2D eigenvalue weighted by Crippen LogP contribution is -2.40. The van der Waals surface area contributed by atoms with Gasteiger partial charge in [-0.3, -0.25) is 0 Å². The maximum Gasteiger partial charge on any atom is 0.223 e. The summed E-state index contributed by atoms with van der Waals surface area (Å²) >= 11 is 0. The van der Waals surface area contributed by atoms with Crippen LogP contribution in [0, 0.1) is 0 Å². The average Bonchev–Trinajstić information content (AvgIpc) is 2.47. The Hall–Kier alpha value is -1.24. The number of aliphatic hydroxyl groups is 1. The van der Waals surface area contributed by atoms with Gasteiger partial charge in [-0.15, -0.1) is 0 Å². The third kappa shape index (κ3) is 4.41. The first-order valence-corrected chi connectivity index (χ1v) is 6.72. The highest BCUT2D eigenvalue weighted by Crippen LogP contribution is 2.14. The van der Waals surface area contributed by atoms with Crippen LogP contribution in [0.25, 0.3) is 0 Å². The van der Waals surface area contributed by atoms with Crippen LogP contribution in [-0.2, 0) is 11.3 Å². The van der Waals surface area contributed by atoms with Crippen molar-refractivity contribution in [1.29, 1.82) is 0 Å². The fraction of sp³-hybridized carbons (Fsp3) is 0.692. The van der Waals surface area contributed by atoms with E-state index in [-0.39, 0.29) is 6.61 Å². The van der Waals surface area contributed by atoms with E-state index in [1.165, 1.54) is 0 Å². The molecule has 1 aromatic heterocycles. The Kier molecular flexibility index (Phi) is 5.50. The second-order valence-corrected chi connectivity index (χ2v) is 4.78. The van der Waals surface area contributed by atoms with E-state index in [1.807, 2.05) is 0 Å². The van der Waals surface area contributed by atoms with Gasteiger partial charge in [-0.2, -0.15) is 0 Å². The quantitative estimate of drug-likeness (QED) is 0.781. The Morgan fingerprint density at radius 2 is 2.26 bits per heavy atom. The lowest BCUT2D eigenvalue weighted by molar-refractivity contribution is 0.132. The summed E-state index contributed by atoms with van der Waals surface area (Å²) in [5.41, 5.74) is 0.648. The minimum absolute atomic E-state index is 0.0489. The van der Waals surface area contributed by atoms with Gasteiger partial charge in [0, 0.05) is 39.0 Å². The zero-order valence-corrected chi connectivity index (χ0v) is 11.4. The number of ether oxygens (including phenoxy) is 1. The zero-order valence-electron chi connectivity index (χ0n) is 11.4. The van der Waals surface area contributed by atoms with Crippen LogP contribution in [0.1, 0.15) is 18.5 Å². The highest BCUT2D eigenvalue weighted by molar-refractivity contribution is 5.26. The van der Waals surface area contributed by atoms with Crippen LogP contribution in [0.3, 0.4) is 0 Å². The molecule has 2 heterocycles. The van der Waals surface area contributed by atoms with E-state index in [0.29, 0.717) is 17.7 Å². The van der Waals surface area contributed by atoms with Crippen LogP contribution in [0.2, 0.25) is 0 Å². The zero-order chi connectivity index (χ0) is 13.5. The van der Waals surface area contributed by atoms with Gasteiger partial charge < -0.3 is 20.1 Å². The molecule has 106 valence electrons. The summed E-state index contributed by atoms with van der Waals surface area (Å²) in [6, 6.07) is 2.13. The number of likely N-dealkylation sites (tertiary alicyclic amines) is 1. The van der Waals surface area contributed by atoms with Crippen molar-refractivity contribution in [2.24, 2.45) is 0 Å². The smallest absolute Gasteiger partial charge is 0.223 e. The van der Waals surface area contributed by atoms with Crippen molar-refractivity contribution in [2.75, 3.05) is 38.7 Å². The number of nitrogens with one attached hydrogen (secondary N) is 1. The topological polar surface area (TPSA) is 70.5 Å². The molecule has 2 N–H and O–H groups in total. The highest BCUT2D eigenvalue weighted by atomic mass is 16.5. The molecular weight excluding hydrogens is 244 g/mol. The Morgan fingerprint density at radius 3 is 2.95 bits per heavy atom. The molecule has 1 aromatic rings. The molecular formula is C13H22N4O2. The summed E-state index contributed by atoms with van der Waals surface area (Å²) in [6.45, 7) is 3.88. The Bertz CT molecular complexity index is 381. The predicted octanol–water partition coefficient (Wildman–Crippen LogP) is 0.492. The molecule has 0 aliphatic carbocycles. The van der Waals surface area contributed by atoms with E-state index in [2.05, 4.69) is 20.2 Å². The van der Waals surface area contributed by atoms with Crippen molar-refractivity contribution >= 4 is 5.95 Å². The Labute approximate surface area is 113 Å². The molecule has 0 saturated carbocycles. The molecule has 0 unspecified atom stereocenters. The lowest BCUT2D eigenvalue weighted by atomic mass is 10.1. The standard InChI is InChI=1S/C13H22N4O2/c1-19-9-8-17-6-3-11(4-7-17)15-13-14-5-2-12(10-18)16-13/h2,5,11,18H,3-4,6-10H2,1H3,(H,14,15,16). The molecule has 19 heavy (non-hydrogen) atoms. The van der Waals surface area contributed by atoms with Crippen LogP contribution < -0.4 is 5.32 Å². The van der Waals surface area contributed by atoms with Crippen molar-refractivity contribution in [3.8, 4) is 0 Å². The second-order valence-electron chi connectivity index (χ2n) is 4.78. The monoisotopic (exact) mass is 266 g/mol. The van der Waals surface area contributed by atoms with Gasteiger partial charge in [0.15, 0.2) is 0 Å². The summed E-state index contributed by atoms with van der Waals surface area (Å²) in [7, 11) is 1.74. The van der Waals surface area contributed by atoms with E-state index in [4.69, 9.17) is 9.84 Å². The summed E-state index contributed by atoms with van der Waals surface area (Å²) < 4.78 is 5.09. The van der Waals surface area contributed by atoms with Gasteiger partial charge in [0.2, 0.25) is 5.95 Å². The number of rotatable bonds is 6. The van der Waals surface area contributed by atoms with E-state index in [0.717, 1.165) is 39.1 Å². The lowest BCUT2D eigenvalue weighted by Gasteiger charge is -2.32. The molecule has 0 aromatic carbocycles. The van der Waals surface area contributed by atoms with Gasteiger partial charge in [0.05, 0.1) is 18.9 Å². The van der Waals surface area contributed by atoms with Gasteiger partial charge in [0.1, 0.15) is 0 Å². The number of aromatic nitrogens is 2. The molecule has 1 saturated heterocycles. The first kappa shape index (κ1) is 14.2. The molecule has 1 fully saturated rings. The number of aliphatic hydroxyl groups excluding tert-OH is 1. The van der Waals surface area contributed by atoms with Crippen molar-refractivity contribution in [1.82, 2.24) is 14.9 Å². The maximum absolute atomic E-state index is 9.05. The largest absolute Gasteiger partial charge is 0.390 e. The Balaban J connectivity index is 1.78. The summed E-state index contributed by atoms with van der Waals surface area (Å²) in [4.78, 5) is 10.8. The van der Waals surface area contributed by atoms with E-state index >= 15 is 0 Å². The molecule has 0 spiro atoms. The first-order chi connectivity index (χ1) is 9.31. The number of hydrogen-bond donors (Lipinski definition) is 2. The van der Waals surface area contributed by atoms with E-state index < -0.39 is 0 Å². The number of hydrogen-bond acceptors (Lipinski definition) is 6. The van der Waals surface area contributed by atoms with Crippen molar-refractivity contribution in [3.05, 3.63) is 18.0 Å². The SMILES string of the molecule is COCCN1CCC(Nc2nccc(CO)n2)CC1. The normalized spacial score (nSPS) is 17.6. The highest BCUT2D eigenvalue weighted by Gasteiger charge is 2.19. The van der Waals surface area contributed by atoms with Crippen LogP contribution in [-0.4, -0.2) is 59.4 Å².